The number of hydrogen-bond acceptors (Lipinski definition) is 9. The standard InChI is InChI=1S/C19H22N4O5S/c1-4-14(16(24)22-12-8-6-11(7-9-12)17(25)27-3)29-19-21-10-13(15(20)23-19)18(26)28-5-2/h6-10,14H,4-5H2,1-3H3,(H,22,24)(H2,20,21,23). The molecule has 0 fully saturated rings. The number of thioether (sulfide) groups is 1. The Bertz CT molecular complexity index is 889. The molecule has 3 N–H and O–H groups in total. The minimum atomic E-state index is -0.596. The smallest absolute Gasteiger partial charge is 0.343 e. The molecule has 1 amide bonds. The number of nitrogens with two attached hydrogens (primary N) is 1. The van der Waals surface area contributed by atoms with Crippen LogP contribution in [0.3, 0.4) is 0 Å². The fourth-order valence-electron chi connectivity index (χ4n) is 2.28. The van der Waals surface area contributed by atoms with Gasteiger partial charge in [-0.15, -0.1) is 0 Å². The molecule has 2 rings (SSSR count). The van der Waals surface area contributed by atoms with Gasteiger partial charge >= 0.3 is 11.9 Å². The SMILES string of the molecule is CCOC(=O)c1cnc(SC(CC)C(=O)Nc2ccc(C(=O)OC)cc2)nc1N. The largest absolute Gasteiger partial charge is 0.465 e. The molecule has 0 radical (unpaired) electrons. The summed E-state index contributed by atoms with van der Waals surface area (Å²) in [7, 11) is 1.30. The zero-order valence-corrected chi connectivity index (χ0v) is 17.1. The predicted molar refractivity (Wildman–Crippen MR) is 109 cm³/mol. The van der Waals surface area contributed by atoms with E-state index in [9.17, 15) is 14.4 Å². The molecular weight excluding hydrogens is 396 g/mol. The second-order valence-corrected chi connectivity index (χ2v) is 6.91. The molecule has 1 aromatic heterocycles. The summed E-state index contributed by atoms with van der Waals surface area (Å²) in [5.74, 6) is -1.30. The predicted octanol–water partition coefficient (Wildman–Crippen LogP) is 2.53. The number of esters is 2. The maximum Gasteiger partial charge on any atom is 0.343 e. The summed E-state index contributed by atoms with van der Waals surface area (Å²) >= 11 is 1.14. The Kier molecular flexibility index (Phi) is 7.96. The van der Waals surface area contributed by atoms with Crippen LogP contribution in [0.4, 0.5) is 11.5 Å². The molecule has 1 heterocycles. The normalized spacial score (nSPS) is 11.4. The van der Waals surface area contributed by atoms with Gasteiger partial charge in [-0.1, -0.05) is 18.7 Å². The van der Waals surface area contributed by atoms with Crippen LogP contribution in [0.1, 0.15) is 41.0 Å². The number of nitrogens with zero attached hydrogens (tertiary/aromatic N) is 2. The highest BCUT2D eigenvalue weighted by atomic mass is 32.2. The number of aromatic nitrogens is 2. The van der Waals surface area contributed by atoms with E-state index in [0.29, 0.717) is 17.7 Å². The molecule has 0 aliphatic rings. The lowest BCUT2D eigenvalue weighted by Crippen LogP contribution is -2.25. The van der Waals surface area contributed by atoms with Gasteiger partial charge in [0.1, 0.15) is 11.4 Å². The third-order valence-electron chi connectivity index (χ3n) is 3.78. The number of benzene rings is 1. The Morgan fingerprint density at radius 2 is 1.86 bits per heavy atom. The number of carbonyl (C=O) groups is 3. The van der Waals surface area contributed by atoms with Crippen molar-refractivity contribution in [2.45, 2.75) is 30.7 Å². The Balaban J connectivity index is 2.05. The number of ether oxygens (including phenoxy) is 2. The molecule has 0 bridgehead atoms. The van der Waals surface area contributed by atoms with E-state index in [4.69, 9.17) is 10.5 Å². The monoisotopic (exact) mass is 418 g/mol. The second-order valence-electron chi connectivity index (χ2n) is 5.74. The van der Waals surface area contributed by atoms with Gasteiger partial charge < -0.3 is 20.5 Å². The van der Waals surface area contributed by atoms with Gasteiger partial charge in [0.05, 0.1) is 24.5 Å². The molecular formula is C19H22N4O5S. The quantitative estimate of drug-likeness (QED) is 0.377. The highest BCUT2D eigenvalue weighted by molar-refractivity contribution is 8.00. The molecule has 29 heavy (non-hydrogen) atoms. The van der Waals surface area contributed by atoms with Gasteiger partial charge in [0.15, 0.2) is 5.16 Å². The molecule has 1 unspecified atom stereocenters. The summed E-state index contributed by atoms with van der Waals surface area (Å²) in [5, 5.41) is 2.58. The number of nitrogens with one attached hydrogen (secondary N) is 1. The number of carbonyl (C=O) groups excluding carboxylic acids is 3. The topological polar surface area (TPSA) is 134 Å². The van der Waals surface area contributed by atoms with Gasteiger partial charge in [0.25, 0.3) is 0 Å². The first-order valence-corrected chi connectivity index (χ1v) is 9.73. The van der Waals surface area contributed by atoms with E-state index in [1.807, 2.05) is 6.92 Å². The van der Waals surface area contributed by atoms with Crippen LogP contribution >= 0.6 is 11.8 Å². The zero-order valence-electron chi connectivity index (χ0n) is 16.3. The highest BCUT2D eigenvalue weighted by Crippen LogP contribution is 2.25. The van der Waals surface area contributed by atoms with Crippen LogP contribution < -0.4 is 11.1 Å². The van der Waals surface area contributed by atoms with E-state index < -0.39 is 17.2 Å². The minimum absolute atomic E-state index is 0.00499. The van der Waals surface area contributed by atoms with Crippen molar-refractivity contribution in [1.82, 2.24) is 9.97 Å². The summed E-state index contributed by atoms with van der Waals surface area (Å²) in [6, 6.07) is 6.36. The molecule has 9 nitrogen and oxygen atoms in total. The fraction of sp³-hybridized carbons (Fsp3) is 0.316. The average molecular weight is 418 g/mol. The zero-order chi connectivity index (χ0) is 21.4. The van der Waals surface area contributed by atoms with Crippen LogP contribution in [0.25, 0.3) is 0 Å². The van der Waals surface area contributed by atoms with E-state index in [-0.39, 0.29) is 29.1 Å². The molecule has 154 valence electrons. The van der Waals surface area contributed by atoms with Crippen molar-refractivity contribution >= 4 is 41.1 Å². The molecule has 0 saturated heterocycles. The number of hydrogen-bond donors (Lipinski definition) is 2. The molecule has 1 aromatic carbocycles. The number of nitrogen functional groups attached to an aromatic ring is 1. The second kappa shape index (κ2) is 10.4. The first-order valence-electron chi connectivity index (χ1n) is 8.85. The fourth-order valence-corrected chi connectivity index (χ4v) is 3.13. The van der Waals surface area contributed by atoms with Crippen LogP contribution in [0.5, 0.6) is 0 Å². The van der Waals surface area contributed by atoms with Crippen molar-refractivity contribution in [3.8, 4) is 0 Å². The van der Waals surface area contributed by atoms with Crippen LogP contribution in [0.2, 0.25) is 0 Å². The van der Waals surface area contributed by atoms with Crippen molar-refractivity contribution in [3.63, 3.8) is 0 Å². The molecule has 1 atom stereocenters. The van der Waals surface area contributed by atoms with Crippen molar-refractivity contribution in [2.24, 2.45) is 0 Å². The van der Waals surface area contributed by atoms with Crippen LogP contribution in [0.15, 0.2) is 35.6 Å². The molecule has 0 spiro atoms. The van der Waals surface area contributed by atoms with Gasteiger partial charge in [-0.05, 0) is 37.6 Å². The molecule has 0 saturated carbocycles. The number of anilines is 2. The van der Waals surface area contributed by atoms with Crippen LogP contribution in [-0.2, 0) is 14.3 Å². The van der Waals surface area contributed by atoms with E-state index in [1.54, 1.807) is 31.2 Å². The lowest BCUT2D eigenvalue weighted by Gasteiger charge is -2.14. The number of amides is 1. The van der Waals surface area contributed by atoms with E-state index in [0.717, 1.165) is 11.8 Å². The van der Waals surface area contributed by atoms with Gasteiger partial charge in [0.2, 0.25) is 5.91 Å². The van der Waals surface area contributed by atoms with Gasteiger partial charge in [-0.2, -0.15) is 0 Å². The van der Waals surface area contributed by atoms with Crippen molar-refractivity contribution in [3.05, 3.63) is 41.6 Å². The Morgan fingerprint density at radius 1 is 1.17 bits per heavy atom. The maximum absolute atomic E-state index is 12.6. The molecule has 0 aliphatic heterocycles. The van der Waals surface area contributed by atoms with E-state index in [1.165, 1.54) is 13.3 Å². The van der Waals surface area contributed by atoms with Crippen LogP contribution in [-0.4, -0.2) is 46.8 Å². The number of rotatable bonds is 8. The van der Waals surface area contributed by atoms with Crippen LogP contribution in [0, 0.1) is 0 Å². The van der Waals surface area contributed by atoms with Gasteiger partial charge in [0, 0.05) is 11.9 Å². The minimum Gasteiger partial charge on any atom is -0.465 e. The molecule has 2 aromatic rings. The van der Waals surface area contributed by atoms with E-state index >= 15 is 0 Å². The number of methoxy groups -OCH3 is 1. The summed E-state index contributed by atoms with van der Waals surface area (Å²) in [6.45, 7) is 3.76. The Labute approximate surface area is 172 Å². The summed E-state index contributed by atoms with van der Waals surface area (Å²) in [6.07, 6.45) is 1.80. The lowest BCUT2D eigenvalue weighted by atomic mass is 10.2. The van der Waals surface area contributed by atoms with Crippen molar-refractivity contribution < 1.29 is 23.9 Å². The van der Waals surface area contributed by atoms with E-state index in [2.05, 4.69) is 20.0 Å². The first kappa shape index (κ1) is 22.2. The first-order chi connectivity index (χ1) is 13.9. The van der Waals surface area contributed by atoms with Crippen molar-refractivity contribution in [1.29, 1.82) is 0 Å². The lowest BCUT2D eigenvalue weighted by molar-refractivity contribution is -0.115. The highest BCUT2D eigenvalue weighted by Gasteiger charge is 2.21. The van der Waals surface area contributed by atoms with Gasteiger partial charge in [-0.25, -0.2) is 19.6 Å². The summed E-state index contributed by atoms with van der Waals surface area (Å²) in [4.78, 5) is 44.0. The average Bonchev–Trinajstić information content (AvgIpc) is 2.72. The Morgan fingerprint density at radius 3 is 2.41 bits per heavy atom. The molecule has 0 aliphatic carbocycles. The summed E-state index contributed by atoms with van der Waals surface area (Å²) in [5.41, 5.74) is 6.83. The Hall–Kier alpha value is -3.14. The maximum atomic E-state index is 12.6. The molecule has 10 heteroatoms. The van der Waals surface area contributed by atoms with Gasteiger partial charge in [-0.3, -0.25) is 4.79 Å². The third-order valence-corrected chi connectivity index (χ3v) is 5.02. The summed E-state index contributed by atoms with van der Waals surface area (Å²) < 4.78 is 9.53. The third kappa shape index (κ3) is 5.92. The van der Waals surface area contributed by atoms with Crippen molar-refractivity contribution in [2.75, 3.05) is 24.8 Å².